The lowest BCUT2D eigenvalue weighted by Gasteiger charge is -2.43. The van der Waals surface area contributed by atoms with Gasteiger partial charge in [-0.05, 0) is 92.2 Å². The molecule has 0 unspecified atom stereocenters. The molecule has 212 valence electrons. The van der Waals surface area contributed by atoms with Gasteiger partial charge in [-0.15, -0.1) is 0 Å². The molecule has 1 saturated heterocycles. The van der Waals surface area contributed by atoms with E-state index in [9.17, 15) is 9.59 Å². The van der Waals surface area contributed by atoms with Gasteiger partial charge < -0.3 is 20.9 Å². The van der Waals surface area contributed by atoms with Crippen molar-refractivity contribution in [3.63, 3.8) is 0 Å². The maximum absolute atomic E-state index is 13.2. The Kier molecular flexibility index (Phi) is 10.4. The van der Waals surface area contributed by atoms with Crippen LogP contribution in [0.3, 0.4) is 0 Å². The smallest absolute Gasteiger partial charge is 0.255 e. The van der Waals surface area contributed by atoms with Crippen LogP contribution in [0.5, 0.6) is 0 Å². The summed E-state index contributed by atoms with van der Waals surface area (Å²) in [4.78, 5) is 28.6. The zero-order valence-electron chi connectivity index (χ0n) is 22.8. The number of piperidine rings is 1. The Hall–Kier alpha value is -2.77. The van der Waals surface area contributed by atoms with Crippen molar-refractivity contribution in [1.29, 1.82) is 0 Å². The zero-order valence-corrected chi connectivity index (χ0v) is 25.1. The third-order valence-corrected chi connectivity index (χ3v) is 8.58. The van der Waals surface area contributed by atoms with Gasteiger partial charge >= 0.3 is 0 Å². The Bertz CT molecular complexity index is 1360. The second kappa shape index (κ2) is 13.7. The molecule has 0 saturated carbocycles. The van der Waals surface area contributed by atoms with Crippen LogP contribution in [-0.2, 0) is 6.42 Å². The van der Waals surface area contributed by atoms with Gasteiger partial charge in [-0.25, -0.2) is 0 Å². The molecule has 1 fully saturated rings. The average Bonchev–Trinajstić information content (AvgIpc) is 2.95. The van der Waals surface area contributed by atoms with Crippen LogP contribution in [0.2, 0.25) is 15.1 Å². The molecule has 1 aliphatic heterocycles. The second-order valence-electron chi connectivity index (χ2n) is 10.3. The van der Waals surface area contributed by atoms with Crippen molar-refractivity contribution < 1.29 is 9.59 Å². The molecule has 0 aliphatic carbocycles. The van der Waals surface area contributed by atoms with E-state index in [1.807, 2.05) is 25.2 Å². The van der Waals surface area contributed by atoms with Gasteiger partial charge in [0.15, 0.2) is 0 Å². The van der Waals surface area contributed by atoms with E-state index in [1.165, 1.54) is 0 Å². The molecule has 0 atom stereocenters. The SMILES string of the molecule is CCC1(CNC)CCN(c2ccc(C(=O)NCCc3ccc(Cl)cc3Cl)cc2NC(=O)c2cccc(Cl)c2)CC1. The van der Waals surface area contributed by atoms with Crippen molar-refractivity contribution in [3.8, 4) is 0 Å². The average molecular weight is 602 g/mol. The summed E-state index contributed by atoms with van der Waals surface area (Å²) < 4.78 is 0. The van der Waals surface area contributed by atoms with Gasteiger partial charge in [0.25, 0.3) is 11.8 Å². The number of nitrogens with zero attached hydrogens (tertiary/aromatic N) is 1. The first-order chi connectivity index (χ1) is 19.2. The lowest BCUT2D eigenvalue weighted by Crippen LogP contribution is -2.44. The third-order valence-electron chi connectivity index (χ3n) is 7.76. The van der Waals surface area contributed by atoms with E-state index < -0.39 is 0 Å². The standard InChI is InChI=1S/C31H35Cl3N4O2/c1-3-31(20-35-2)12-15-38(16-13-31)28-10-8-23(18-27(28)37-30(40)22-5-4-6-24(32)17-22)29(39)36-14-11-21-7-9-25(33)19-26(21)34/h4-10,17-19,35H,3,11-16,20H2,1-2H3,(H,36,39)(H,37,40). The minimum Gasteiger partial charge on any atom is -0.370 e. The molecule has 9 heteroatoms. The molecule has 0 spiro atoms. The number of benzene rings is 3. The molecule has 1 aliphatic rings. The van der Waals surface area contributed by atoms with Crippen molar-refractivity contribution in [2.45, 2.75) is 32.6 Å². The number of amides is 2. The number of carbonyl (C=O) groups excluding carboxylic acids is 2. The van der Waals surface area contributed by atoms with Crippen molar-refractivity contribution in [2.24, 2.45) is 5.41 Å². The number of hydrogen-bond donors (Lipinski definition) is 3. The van der Waals surface area contributed by atoms with Crippen LogP contribution in [0.25, 0.3) is 0 Å². The minimum absolute atomic E-state index is 0.229. The van der Waals surface area contributed by atoms with Crippen molar-refractivity contribution in [2.75, 3.05) is 43.4 Å². The van der Waals surface area contributed by atoms with Crippen molar-refractivity contribution in [3.05, 3.63) is 92.4 Å². The third kappa shape index (κ3) is 7.49. The maximum Gasteiger partial charge on any atom is 0.255 e. The fourth-order valence-corrected chi connectivity index (χ4v) is 5.96. The van der Waals surface area contributed by atoms with Gasteiger partial charge in [0.2, 0.25) is 0 Å². The van der Waals surface area contributed by atoms with E-state index in [4.69, 9.17) is 34.8 Å². The quantitative estimate of drug-likeness (QED) is 0.232. The monoisotopic (exact) mass is 600 g/mol. The Morgan fingerprint density at radius 2 is 1.62 bits per heavy atom. The van der Waals surface area contributed by atoms with Crippen LogP contribution in [-0.4, -0.2) is 45.0 Å². The molecule has 2 amide bonds. The number of carbonyl (C=O) groups is 2. The maximum atomic E-state index is 13.2. The van der Waals surface area contributed by atoms with E-state index in [-0.39, 0.29) is 17.2 Å². The molecule has 4 rings (SSSR count). The Morgan fingerprint density at radius 3 is 2.30 bits per heavy atom. The van der Waals surface area contributed by atoms with Gasteiger partial charge in [0, 0.05) is 52.4 Å². The molecule has 40 heavy (non-hydrogen) atoms. The molecule has 0 aromatic heterocycles. The largest absolute Gasteiger partial charge is 0.370 e. The highest BCUT2D eigenvalue weighted by Crippen LogP contribution is 2.38. The Morgan fingerprint density at radius 1 is 0.900 bits per heavy atom. The van der Waals surface area contributed by atoms with Gasteiger partial charge in [0.05, 0.1) is 11.4 Å². The number of rotatable bonds is 10. The van der Waals surface area contributed by atoms with Gasteiger partial charge in [-0.1, -0.05) is 53.9 Å². The predicted molar refractivity (Wildman–Crippen MR) is 166 cm³/mol. The van der Waals surface area contributed by atoms with Crippen LogP contribution >= 0.6 is 34.8 Å². The van der Waals surface area contributed by atoms with Crippen LogP contribution in [0.15, 0.2) is 60.7 Å². The Labute approximate surface area is 251 Å². The molecule has 3 aromatic carbocycles. The van der Waals surface area contributed by atoms with E-state index in [0.29, 0.717) is 44.8 Å². The summed E-state index contributed by atoms with van der Waals surface area (Å²) in [5, 5.41) is 11.0. The van der Waals surface area contributed by atoms with Gasteiger partial charge in [-0.2, -0.15) is 0 Å². The van der Waals surface area contributed by atoms with Crippen LogP contribution in [0, 0.1) is 5.41 Å². The molecule has 0 radical (unpaired) electrons. The lowest BCUT2D eigenvalue weighted by molar-refractivity contribution is 0.0952. The summed E-state index contributed by atoms with van der Waals surface area (Å²) >= 11 is 18.4. The Balaban J connectivity index is 1.53. The van der Waals surface area contributed by atoms with E-state index in [2.05, 4.69) is 27.8 Å². The molecular weight excluding hydrogens is 567 g/mol. The van der Waals surface area contributed by atoms with Crippen molar-refractivity contribution >= 4 is 58.0 Å². The summed E-state index contributed by atoms with van der Waals surface area (Å²) in [5.74, 6) is -0.513. The van der Waals surface area contributed by atoms with E-state index in [1.54, 1.807) is 42.5 Å². The van der Waals surface area contributed by atoms with Crippen molar-refractivity contribution in [1.82, 2.24) is 10.6 Å². The lowest BCUT2D eigenvalue weighted by atomic mass is 9.76. The highest BCUT2D eigenvalue weighted by atomic mass is 35.5. The van der Waals surface area contributed by atoms with E-state index >= 15 is 0 Å². The molecular formula is C31H35Cl3N4O2. The first-order valence-electron chi connectivity index (χ1n) is 13.6. The number of halogens is 3. The van der Waals surface area contributed by atoms with Crippen LogP contribution in [0.1, 0.15) is 52.5 Å². The fourth-order valence-electron chi connectivity index (χ4n) is 5.27. The summed E-state index contributed by atoms with van der Waals surface area (Å²) in [7, 11) is 2.00. The molecule has 3 aromatic rings. The van der Waals surface area contributed by atoms with E-state index in [0.717, 1.165) is 50.1 Å². The zero-order chi connectivity index (χ0) is 28.7. The summed E-state index contributed by atoms with van der Waals surface area (Å²) in [6, 6.07) is 17.6. The van der Waals surface area contributed by atoms with Crippen LogP contribution in [0.4, 0.5) is 11.4 Å². The molecule has 1 heterocycles. The van der Waals surface area contributed by atoms with Gasteiger partial charge in [-0.3, -0.25) is 9.59 Å². The molecule has 6 nitrogen and oxygen atoms in total. The minimum atomic E-state index is -0.284. The topological polar surface area (TPSA) is 73.5 Å². The first-order valence-corrected chi connectivity index (χ1v) is 14.7. The summed E-state index contributed by atoms with van der Waals surface area (Å²) in [6.45, 7) is 5.36. The predicted octanol–water partition coefficient (Wildman–Crippen LogP) is 7.09. The number of hydrogen-bond acceptors (Lipinski definition) is 4. The second-order valence-corrected chi connectivity index (χ2v) is 11.6. The number of anilines is 2. The summed E-state index contributed by atoms with van der Waals surface area (Å²) in [5.41, 5.74) is 3.57. The highest BCUT2D eigenvalue weighted by molar-refractivity contribution is 6.35. The fraction of sp³-hybridized carbons (Fsp3) is 0.355. The highest BCUT2D eigenvalue weighted by Gasteiger charge is 2.33. The van der Waals surface area contributed by atoms with Gasteiger partial charge in [0.1, 0.15) is 0 Å². The number of nitrogens with one attached hydrogen (secondary N) is 3. The van der Waals surface area contributed by atoms with Crippen LogP contribution < -0.4 is 20.9 Å². The molecule has 3 N–H and O–H groups in total. The normalized spacial score (nSPS) is 14.6. The molecule has 0 bridgehead atoms. The first kappa shape index (κ1) is 30.2. The summed E-state index contributed by atoms with van der Waals surface area (Å²) in [6.07, 6.45) is 3.77.